The highest BCUT2D eigenvalue weighted by molar-refractivity contribution is 5.99. The molecule has 4 aromatic rings. The number of benzene rings is 2. The third-order valence-corrected chi connectivity index (χ3v) is 5.53. The van der Waals surface area contributed by atoms with E-state index >= 15 is 0 Å². The molecule has 0 unspecified atom stereocenters. The van der Waals surface area contributed by atoms with Crippen LogP contribution in [0.2, 0.25) is 0 Å². The molecule has 7 heteroatoms. The van der Waals surface area contributed by atoms with Crippen molar-refractivity contribution in [2.45, 2.75) is 34.3 Å². The van der Waals surface area contributed by atoms with Gasteiger partial charge in [0.05, 0.1) is 5.69 Å². The van der Waals surface area contributed by atoms with E-state index in [4.69, 9.17) is 4.74 Å². The predicted molar refractivity (Wildman–Crippen MR) is 130 cm³/mol. The van der Waals surface area contributed by atoms with Crippen LogP contribution in [0.4, 0.5) is 16.2 Å². The predicted octanol–water partition coefficient (Wildman–Crippen LogP) is 5.15. The summed E-state index contributed by atoms with van der Waals surface area (Å²) >= 11 is 0. The van der Waals surface area contributed by atoms with Crippen LogP contribution in [0.1, 0.15) is 27.9 Å². The summed E-state index contributed by atoms with van der Waals surface area (Å²) in [7, 11) is 0. The van der Waals surface area contributed by atoms with Gasteiger partial charge in [0.1, 0.15) is 18.0 Å². The minimum absolute atomic E-state index is 0.138. The first-order valence-electron chi connectivity index (χ1n) is 10.7. The second-order valence-corrected chi connectivity index (χ2v) is 8.12. The molecule has 33 heavy (non-hydrogen) atoms. The fourth-order valence-corrected chi connectivity index (χ4v) is 3.48. The van der Waals surface area contributed by atoms with Gasteiger partial charge in [-0.25, -0.2) is 9.78 Å². The summed E-state index contributed by atoms with van der Waals surface area (Å²) in [4.78, 5) is 29.4. The second-order valence-electron chi connectivity index (χ2n) is 8.12. The molecule has 4 rings (SSSR count). The van der Waals surface area contributed by atoms with Gasteiger partial charge in [0.15, 0.2) is 0 Å². The summed E-state index contributed by atoms with van der Waals surface area (Å²) in [6.45, 7) is 8.00. The van der Waals surface area contributed by atoms with E-state index in [2.05, 4.69) is 15.6 Å². The number of carbonyl (C=O) groups is 1. The average Bonchev–Trinajstić information content (AvgIpc) is 2.77. The highest BCUT2D eigenvalue weighted by atomic mass is 16.5. The lowest BCUT2D eigenvalue weighted by atomic mass is 10.1. The normalized spacial score (nSPS) is 10.8. The van der Waals surface area contributed by atoms with Gasteiger partial charge in [-0.3, -0.25) is 9.20 Å². The first-order chi connectivity index (χ1) is 15.8. The maximum atomic E-state index is 12.4. The Kier molecular flexibility index (Phi) is 6.13. The number of nitrogens with zero attached hydrogens (tertiary/aromatic N) is 2. The van der Waals surface area contributed by atoms with Crippen molar-refractivity contribution in [1.82, 2.24) is 9.38 Å². The molecule has 0 atom stereocenters. The molecule has 0 spiro atoms. The highest BCUT2D eigenvalue weighted by Gasteiger charge is 2.09. The lowest BCUT2D eigenvalue weighted by molar-refractivity contribution is 0.262. The molecule has 2 aromatic carbocycles. The minimum atomic E-state index is -0.340. The maximum absolute atomic E-state index is 12.4. The Hall–Kier alpha value is -4.13. The molecule has 0 radical (unpaired) electrons. The van der Waals surface area contributed by atoms with Gasteiger partial charge in [-0.1, -0.05) is 18.2 Å². The summed E-state index contributed by atoms with van der Waals surface area (Å²) in [6.07, 6.45) is 1.70. The zero-order valence-corrected chi connectivity index (χ0v) is 19.1. The molecule has 7 nitrogen and oxygen atoms in total. The molecule has 0 fully saturated rings. The Morgan fingerprint density at radius 1 is 0.879 bits per heavy atom. The molecule has 0 aliphatic rings. The Balaban J connectivity index is 1.47. The number of nitrogens with one attached hydrogen (secondary N) is 2. The van der Waals surface area contributed by atoms with Gasteiger partial charge < -0.3 is 15.4 Å². The van der Waals surface area contributed by atoms with Crippen LogP contribution in [0.5, 0.6) is 5.75 Å². The lowest BCUT2D eigenvalue weighted by Gasteiger charge is -2.13. The van der Waals surface area contributed by atoms with Gasteiger partial charge in [0.25, 0.3) is 5.56 Å². The van der Waals surface area contributed by atoms with Crippen LogP contribution in [0, 0.1) is 27.7 Å². The first kappa shape index (κ1) is 22.1. The summed E-state index contributed by atoms with van der Waals surface area (Å²) in [5, 5.41) is 5.67. The molecule has 0 aliphatic heterocycles. The van der Waals surface area contributed by atoms with Gasteiger partial charge in [0.2, 0.25) is 0 Å². The number of hydrogen-bond acceptors (Lipinski definition) is 4. The maximum Gasteiger partial charge on any atom is 0.323 e. The number of hydrogen-bond donors (Lipinski definition) is 2. The van der Waals surface area contributed by atoms with Gasteiger partial charge in [-0.15, -0.1) is 0 Å². The van der Waals surface area contributed by atoms with Crippen LogP contribution in [0.15, 0.2) is 65.6 Å². The monoisotopic (exact) mass is 442 g/mol. The summed E-state index contributed by atoms with van der Waals surface area (Å²) in [5.74, 6) is 0.603. The van der Waals surface area contributed by atoms with Crippen molar-refractivity contribution in [3.63, 3.8) is 0 Å². The fourth-order valence-electron chi connectivity index (χ4n) is 3.48. The third kappa shape index (κ3) is 5.03. The zero-order valence-electron chi connectivity index (χ0n) is 19.1. The number of fused-ring (bicyclic) bond motifs is 1. The summed E-state index contributed by atoms with van der Waals surface area (Å²) in [6, 6.07) is 16.1. The number of carbonyl (C=O) groups excluding carboxylic acids is 1. The van der Waals surface area contributed by atoms with Gasteiger partial charge in [0, 0.05) is 29.7 Å². The number of rotatable bonds is 5. The van der Waals surface area contributed by atoms with Crippen molar-refractivity contribution in [2.75, 3.05) is 10.6 Å². The molecule has 2 amide bonds. The van der Waals surface area contributed by atoms with Crippen LogP contribution in [0.25, 0.3) is 5.65 Å². The molecule has 0 saturated heterocycles. The van der Waals surface area contributed by atoms with Crippen LogP contribution >= 0.6 is 0 Å². The Bertz CT molecular complexity index is 1410. The number of urea groups is 1. The Labute approximate surface area is 192 Å². The fraction of sp³-hybridized carbons (Fsp3) is 0.192. The molecule has 2 aromatic heterocycles. The molecule has 0 saturated carbocycles. The van der Waals surface area contributed by atoms with Crippen LogP contribution in [0.3, 0.4) is 0 Å². The standard InChI is InChI=1S/C26H26N4O3/c1-16-7-9-20(12-19(16)4)28-26(32)29-21-10-8-17(2)23(13-21)33-15-22-14-24(31)30-11-5-6-18(3)25(30)27-22/h5-14H,15H2,1-4H3,(H2,28,29,32). The largest absolute Gasteiger partial charge is 0.487 e. The topological polar surface area (TPSA) is 84.7 Å². The van der Waals surface area contributed by atoms with Crippen molar-refractivity contribution in [1.29, 1.82) is 0 Å². The van der Waals surface area contributed by atoms with Crippen LogP contribution in [-0.4, -0.2) is 15.4 Å². The quantitative estimate of drug-likeness (QED) is 0.448. The van der Waals surface area contributed by atoms with Gasteiger partial charge in [-0.05, 0) is 74.2 Å². The van der Waals surface area contributed by atoms with Crippen LogP contribution in [-0.2, 0) is 6.61 Å². The number of aryl methyl sites for hydroxylation is 4. The van der Waals surface area contributed by atoms with E-state index in [-0.39, 0.29) is 18.2 Å². The van der Waals surface area contributed by atoms with E-state index in [0.29, 0.717) is 22.8 Å². The second kappa shape index (κ2) is 9.16. The third-order valence-electron chi connectivity index (χ3n) is 5.53. The van der Waals surface area contributed by atoms with E-state index in [1.807, 2.05) is 70.2 Å². The van der Waals surface area contributed by atoms with E-state index in [0.717, 1.165) is 22.4 Å². The van der Waals surface area contributed by atoms with E-state index < -0.39 is 0 Å². The first-order valence-corrected chi connectivity index (χ1v) is 10.7. The van der Waals surface area contributed by atoms with E-state index in [1.54, 1.807) is 12.3 Å². The average molecular weight is 443 g/mol. The van der Waals surface area contributed by atoms with Crippen molar-refractivity contribution in [3.8, 4) is 5.75 Å². The molecule has 0 bridgehead atoms. The van der Waals surface area contributed by atoms with Gasteiger partial charge >= 0.3 is 6.03 Å². The zero-order chi connectivity index (χ0) is 23.5. The smallest absolute Gasteiger partial charge is 0.323 e. The van der Waals surface area contributed by atoms with E-state index in [9.17, 15) is 9.59 Å². The van der Waals surface area contributed by atoms with Crippen molar-refractivity contribution >= 4 is 23.1 Å². The number of ether oxygens (including phenoxy) is 1. The molecule has 2 heterocycles. The molecule has 0 aliphatic carbocycles. The van der Waals surface area contributed by atoms with Crippen molar-refractivity contribution < 1.29 is 9.53 Å². The molecular weight excluding hydrogens is 416 g/mol. The number of amides is 2. The minimum Gasteiger partial charge on any atom is -0.487 e. The van der Waals surface area contributed by atoms with E-state index in [1.165, 1.54) is 16.0 Å². The van der Waals surface area contributed by atoms with Crippen molar-refractivity contribution in [3.05, 3.63) is 99.1 Å². The lowest BCUT2D eigenvalue weighted by Crippen LogP contribution is -2.19. The number of anilines is 2. The van der Waals surface area contributed by atoms with Gasteiger partial charge in [-0.2, -0.15) is 0 Å². The molecule has 168 valence electrons. The van der Waals surface area contributed by atoms with Crippen molar-refractivity contribution in [2.24, 2.45) is 0 Å². The molecular formula is C26H26N4O3. The highest BCUT2D eigenvalue weighted by Crippen LogP contribution is 2.24. The number of aromatic nitrogens is 2. The Morgan fingerprint density at radius 2 is 1.58 bits per heavy atom. The number of pyridine rings is 1. The van der Waals surface area contributed by atoms with Crippen LogP contribution < -0.4 is 20.9 Å². The Morgan fingerprint density at radius 3 is 2.30 bits per heavy atom. The summed E-state index contributed by atoms with van der Waals surface area (Å²) in [5.41, 5.74) is 6.41. The molecule has 2 N–H and O–H groups in total. The summed E-state index contributed by atoms with van der Waals surface area (Å²) < 4.78 is 7.47. The SMILES string of the molecule is Cc1ccc(NC(=O)Nc2ccc(C)c(OCc3cc(=O)n4cccc(C)c4n3)c2)cc1C.